The van der Waals surface area contributed by atoms with Gasteiger partial charge in [0.15, 0.2) is 0 Å². The summed E-state index contributed by atoms with van der Waals surface area (Å²) in [6.45, 7) is 10.8. The third-order valence-electron chi connectivity index (χ3n) is 7.49. The number of carboxylic acid groups (broad SMARTS) is 2. The van der Waals surface area contributed by atoms with Gasteiger partial charge in [-0.25, -0.2) is 27.6 Å². The first-order chi connectivity index (χ1) is 24.6. The van der Waals surface area contributed by atoms with Gasteiger partial charge in [0.1, 0.15) is 28.3 Å². The maximum atomic E-state index is 12.9. The van der Waals surface area contributed by atoms with Crippen LogP contribution >= 0.6 is 35.2 Å². The Morgan fingerprint density at radius 1 is 0.774 bits per heavy atom. The molecule has 0 unspecified atom stereocenters. The maximum Gasteiger partial charge on any atom is 0.357 e. The van der Waals surface area contributed by atoms with Crippen molar-refractivity contribution in [1.82, 2.24) is 18.0 Å². The minimum atomic E-state index is -1.34. The molecule has 0 radical (unpaired) electrons. The van der Waals surface area contributed by atoms with Crippen LogP contribution in [0.25, 0.3) is 11.4 Å². The number of nitrogens with zero attached hydrogens (tertiary/aromatic N) is 5. The molecule has 1 saturated heterocycles. The number of nitriles is 1. The van der Waals surface area contributed by atoms with E-state index in [2.05, 4.69) is 0 Å². The van der Waals surface area contributed by atoms with Gasteiger partial charge in [0.2, 0.25) is 0 Å². The van der Waals surface area contributed by atoms with Gasteiger partial charge in [-0.1, -0.05) is 11.6 Å². The Morgan fingerprint density at radius 2 is 1.17 bits per heavy atom. The van der Waals surface area contributed by atoms with Gasteiger partial charge in [-0.15, -0.1) is 0 Å². The SMILES string of the molecule is CC#N.CC1(C)C(=O)N(Cl)C(=O)N1Cl.Cc1c(Cl)c(C)n(-c2ccc(F)cc2)c(=O)c1C(=O)O.Cc1cc(C)n(-c2ccc(F)cc2)c(=O)c1C(=O)O. The van der Waals surface area contributed by atoms with Crippen molar-refractivity contribution in [2.45, 2.75) is 54.0 Å². The molecule has 53 heavy (non-hydrogen) atoms. The maximum absolute atomic E-state index is 12.9. The molecule has 2 aromatic carbocycles. The van der Waals surface area contributed by atoms with Crippen LogP contribution in [0.4, 0.5) is 13.6 Å². The predicted molar refractivity (Wildman–Crippen MR) is 193 cm³/mol. The Balaban J connectivity index is 0.000000275. The second kappa shape index (κ2) is 17.8. The minimum Gasteiger partial charge on any atom is -0.477 e. The number of amides is 3. The van der Waals surface area contributed by atoms with Gasteiger partial charge in [-0.05, 0) is 107 Å². The van der Waals surface area contributed by atoms with Crippen molar-refractivity contribution in [3.63, 3.8) is 0 Å². The lowest BCUT2D eigenvalue weighted by Gasteiger charge is -2.18. The van der Waals surface area contributed by atoms with Gasteiger partial charge in [-0.3, -0.25) is 23.5 Å². The van der Waals surface area contributed by atoms with E-state index in [0.717, 1.165) is 8.99 Å². The first kappa shape index (κ1) is 43.6. The average molecular weight is 795 g/mol. The molecule has 280 valence electrons. The molecule has 1 fully saturated rings. The number of imide groups is 1. The minimum absolute atomic E-state index is 0.200. The van der Waals surface area contributed by atoms with Crippen LogP contribution in [0.15, 0.2) is 64.2 Å². The summed E-state index contributed by atoms with van der Waals surface area (Å²) in [5, 5.41) is 25.7. The van der Waals surface area contributed by atoms with E-state index in [4.69, 9.17) is 50.6 Å². The highest BCUT2D eigenvalue weighted by atomic mass is 35.5. The van der Waals surface area contributed by atoms with Gasteiger partial charge >= 0.3 is 18.0 Å². The summed E-state index contributed by atoms with van der Waals surface area (Å²) >= 11 is 16.9. The molecule has 5 rings (SSSR count). The highest BCUT2D eigenvalue weighted by molar-refractivity contribution is 6.39. The van der Waals surface area contributed by atoms with Crippen LogP contribution in [0.5, 0.6) is 0 Å². The molecule has 18 heteroatoms. The molecule has 2 N–H and O–H groups in total. The number of pyridine rings is 2. The molecule has 4 aromatic rings. The van der Waals surface area contributed by atoms with Crippen LogP contribution in [-0.4, -0.2) is 57.6 Å². The topological polar surface area (TPSA) is 183 Å². The van der Waals surface area contributed by atoms with Crippen molar-refractivity contribution in [3.8, 4) is 17.4 Å². The van der Waals surface area contributed by atoms with Crippen molar-refractivity contribution < 1.29 is 38.2 Å². The number of carbonyl (C=O) groups is 4. The summed E-state index contributed by atoms with van der Waals surface area (Å²) in [6.07, 6.45) is 0. The standard InChI is InChI=1S/C14H11ClFNO3.C14H12FNO3.C5H6Cl2N2O2.C2H3N/c1-7-11(14(19)20)13(18)17(8(2)12(7)15)10-5-3-9(16)4-6-10;1-8-7-9(2)16(13(17)12(8)14(18)19)11-5-3-10(15)4-6-11;1-5(2)3(10)8(6)4(11)9(5)7;1-2-3/h3-6H,1-2H3,(H,19,20);3-7H,1-2H3,(H,18,19);1-2H3;1H3. The van der Waals surface area contributed by atoms with Crippen LogP contribution in [-0.2, 0) is 4.79 Å². The number of halogens is 5. The molecule has 0 saturated carbocycles. The molecule has 3 heterocycles. The Labute approximate surface area is 316 Å². The molecule has 2 aromatic heterocycles. The number of rotatable bonds is 4. The first-order valence-electron chi connectivity index (χ1n) is 15.0. The van der Waals surface area contributed by atoms with Crippen LogP contribution in [0.3, 0.4) is 0 Å². The zero-order valence-corrected chi connectivity index (χ0v) is 31.4. The third-order valence-corrected chi connectivity index (χ3v) is 8.91. The lowest BCUT2D eigenvalue weighted by atomic mass is 10.1. The van der Waals surface area contributed by atoms with Gasteiger partial charge in [-0.2, -0.15) is 9.68 Å². The zero-order valence-electron chi connectivity index (χ0n) is 29.2. The van der Waals surface area contributed by atoms with Crippen molar-refractivity contribution in [3.05, 3.63) is 126 Å². The van der Waals surface area contributed by atoms with E-state index in [0.29, 0.717) is 32.7 Å². The van der Waals surface area contributed by atoms with E-state index >= 15 is 0 Å². The molecule has 1 aliphatic rings. The molecular formula is C35H32Cl3F2N5O8. The van der Waals surface area contributed by atoms with Crippen molar-refractivity contribution >= 4 is 59.0 Å². The Hall–Kier alpha value is -5.56. The van der Waals surface area contributed by atoms with E-state index in [1.54, 1.807) is 32.9 Å². The number of aryl methyl sites for hydroxylation is 2. The molecule has 0 spiro atoms. The Morgan fingerprint density at radius 3 is 1.51 bits per heavy atom. The zero-order chi connectivity index (χ0) is 40.7. The number of urea groups is 1. The smallest absolute Gasteiger partial charge is 0.357 e. The number of hydrogen-bond acceptors (Lipinski definition) is 7. The van der Waals surface area contributed by atoms with Crippen LogP contribution in [0.1, 0.15) is 64.0 Å². The fraction of sp³-hybridized carbons (Fsp3) is 0.229. The van der Waals surface area contributed by atoms with E-state index in [9.17, 15) is 37.5 Å². The Kier molecular flexibility index (Phi) is 14.6. The van der Waals surface area contributed by atoms with Crippen LogP contribution in [0.2, 0.25) is 5.02 Å². The summed E-state index contributed by atoms with van der Waals surface area (Å²) in [5.74, 6) is -3.99. The van der Waals surface area contributed by atoms with Gasteiger partial charge in [0.25, 0.3) is 17.0 Å². The summed E-state index contributed by atoms with van der Waals surface area (Å²) in [4.78, 5) is 68.9. The molecule has 0 aliphatic carbocycles. The summed E-state index contributed by atoms with van der Waals surface area (Å²) in [6, 6.07) is 13.1. The number of aromatic nitrogens is 2. The predicted octanol–water partition coefficient (Wildman–Crippen LogP) is 7.10. The van der Waals surface area contributed by atoms with E-state index < -0.39 is 52.2 Å². The van der Waals surface area contributed by atoms with Crippen LogP contribution < -0.4 is 11.1 Å². The van der Waals surface area contributed by atoms with Crippen molar-refractivity contribution in [1.29, 1.82) is 5.26 Å². The highest BCUT2D eigenvalue weighted by Crippen LogP contribution is 2.30. The third kappa shape index (κ3) is 9.46. The number of carbonyl (C=O) groups excluding carboxylic acids is 2. The van der Waals surface area contributed by atoms with Gasteiger partial charge in [0, 0.05) is 53.2 Å². The largest absolute Gasteiger partial charge is 0.477 e. The number of hydrogen-bond donors (Lipinski definition) is 2. The molecular weight excluding hydrogens is 763 g/mol. The molecule has 1 aliphatic heterocycles. The number of benzene rings is 2. The average Bonchev–Trinajstić information content (AvgIpc) is 3.20. The molecule has 0 atom stereocenters. The second-order valence-corrected chi connectivity index (χ2v) is 12.6. The van der Waals surface area contributed by atoms with Crippen LogP contribution in [0, 0.1) is 50.7 Å². The lowest BCUT2D eigenvalue weighted by molar-refractivity contribution is -0.127. The fourth-order valence-electron chi connectivity index (χ4n) is 4.85. The number of carboxylic acids is 2. The highest BCUT2D eigenvalue weighted by Gasteiger charge is 2.51. The van der Waals surface area contributed by atoms with Crippen molar-refractivity contribution in [2.24, 2.45) is 0 Å². The summed E-state index contributed by atoms with van der Waals surface area (Å²) in [7, 11) is 0. The summed E-state index contributed by atoms with van der Waals surface area (Å²) < 4.78 is 29.5. The van der Waals surface area contributed by atoms with Gasteiger partial charge < -0.3 is 10.2 Å². The van der Waals surface area contributed by atoms with E-state index in [1.807, 2.05) is 0 Å². The quantitative estimate of drug-likeness (QED) is 0.161. The molecule has 3 amide bonds. The van der Waals surface area contributed by atoms with Gasteiger partial charge in [0.05, 0.1) is 11.1 Å². The summed E-state index contributed by atoms with van der Waals surface area (Å²) in [5.41, 5.74) is -0.566. The normalized spacial score (nSPS) is 12.7. The van der Waals surface area contributed by atoms with Crippen molar-refractivity contribution in [2.75, 3.05) is 0 Å². The fourth-order valence-corrected chi connectivity index (χ4v) is 5.49. The van der Waals surface area contributed by atoms with E-state index in [1.165, 1.54) is 80.8 Å². The first-order valence-corrected chi connectivity index (χ1v) is 16.1. The molecule has 13 nitrogen and oxygen atoms in total. The second-order valence-electron chi connectivity index (χ2n) is 11.5. The molecule has 0 bridgehead atoms. The number of aromatic carboxylic acids is 2. The Bertz CT molecular complexity index is 2230. The monoisotopic (exact) mass is 793 g/mol. The lowest BCUT2D eigenvalue weighted by Crippen LogP contribution is -2.38. The van der Waals surface area contributed by atoms with E-state index in [-0.39, 0.29) is 21.7 Å².